The van der Waals surface area contributed by atoms with Crippen LogP contribution in [0.15, 0.2) is 102 Å². The van der Waals surface area contributed by atoms with Crippen molar-refractivity contribution in [3.8, 4) is 17.4 Å². The first-order valence-corrected chi connectivity index (χ1v) is 14.1. The number of hydrogen-bond donors (Lipinski definition) is 2. The Morgan fingerprint density at radius 2 is 1.75 bits per heavy atom. The number of hydrogen-bond acceptors (Lipinski definition) is 8. The van der Waals surface area contributed by atoms with E-state index >= 15 is 0 Å². The Hall–Kier alpha value is -4.96. The molecule has 40 heavy (non-hydrogen) atoms. The molecule has 0 saturated carbocycles. The fraction of sp³-hybridized carbons (Fsp3) is 0.100. The number of sulfone groups is 1. The Kier molecular flexibility index (Phi) is 7.61. The molecule has 0 unspecified atom stereocenters. The molecule has 1 aromatic heterocycles. The normalized spacial score (nSPS) is 11.2. The van der Waals surface area contributed by atoms with E-state index in [0.717, 1.165) is 10.8 Å². The molecule has 1 amide bonds. The molecule has 5 aromatic rings. The summed E-state index contributed by atoms with van der Waals surface area (Å²) < 4.78 is 36.1. The van der Waals surface area contributed by atoms with Gasteiger partial charge >= 0.3 is 0 Å². The fourth-order valence-corrected chi connectivity index (χ4v) is 4.99. The molecule has 1 heterocycles. The second kappa shape index (κ2) is 11.4. The Bertz CT molecular complexity index is 1790. The van der Waals surface area contributed by atoms with Crippen molar-refractivity contribution in [1.82, 2.24) is 9.97 Å². The Morgan fingerprint density at radius 3 is 2.52 bits per heavy atom. The third-order valence-electron chi connectivity index (χ3n) is 6.14. The van der Waals surface area contributed by atoms with Crippen LogP contribution in [0.3, 0.4) is 0 Å². The van der Waals surface area contributed by atoms with Crippen molar-refractivity contribution in [2.75, 3.05) is 23.5 Å². The first-order chi connectivity index (χ1) is 19.4. The van der Waals surface area contributed by atoms with Crippen molar-refractivity contribution >= 4 is 43.8 Å². The van der Waals surface area contributed by atoms with Crippen LogP contribution < -0.4 is 20.1 Å². The SMILES string of the molecule is CCS(=O)(=O)c1ccc(OC)c(Nc2nccc(Oc3ccc4c(C(=O)Nc5ccccc5)cccc4c3)n2)c1. The zero-order chi connectivity index (χ0) is 28.1. The largest absolute Gasteiger partial charge is 0.495 e. The lowest BCUT2D eigenvalue weighted by molar-refractivity contribution is 0.102. The molecule has 2 N–H and O–H groups in total. The van der Waals surface area contributed by atoms with Gasteiger partial charge in [-0.25, -0.2) is 13.4 Å². The number of aromatic nitrogens is 2. The van der Waals surface area contributed by atoms with Crippen LogP contribution in [0.5, 0.6) is 17.4 Å². The van der Waals surface area contributed by atoms with Gasteiger partial charge in [-0.3, -0.25) is 4.79 Å². The number of amides is 1. The lowest BCUT2D eigenvalue weighted by atomic mass is 10.0. The summed E-state index contributed by atoms with van der Waals surface area (Å²) in [4.78, 5) is 21.7. The number of ether oxygens (including phenoxy) is 2. The van der Waals surface area contributed by atoms with Gasteiger partial charge in [0.25, 0.3) is 5.91 Å². The summed E-state index contributed by atoms with van der Waals surface area (Å²) in [7, 11) is -1.92. The van der Waals surface area contributed by atoms with Gasteiger partial charge in [-0.15, -0.1) is 0 Å². The average Bonchev–Trinajstić information content (AvgIpc) is 2.97. The van der Waals surface area contributed by atoms with Gasteiger partial charge in [-0.1, -0.05) is 37.3 Å². The molecule has 0 bridgehead atoms. The summed E-state index contributed by atoms with van der Waals surface area (Å²) in [6.07, 6.45) is 1.52. The van der Waals surface area contributed by atoms with Crippen molar-refractivity contribution in [2.45, 2.75) is 11.8 Å². The van der Waals surface area contributed by atoms with E-state index in [1.807, 2.05) is 54.6 Å². The van der Waals surface area contributed by atoms with E-state index in [1.165, 1.54) is 25.4 Å². The number of anilines is 3. The molecular formula is C30H26N4O5S. The van der Waals surface area contributed by atoms with Gasteiger partial charge in [0.15, 0.2) is 9.84 Å². The lowest BCUT2D eigenvalue weighted by Gasteiger charge is -2.13. The summed E-state index contributed by atoms with van der Waals surface area (Å²) >= 11 is 0. The summed E-state index contributed by atoms with van der Waals surface area (Å²) in [6.45, 7) is 1.59. The van der Waals surface area contributed by atoms with Crippen molar-refractivity contribution in [2.24, 2.45) is 0 Å². The monoisotopic (exact) mass is 554 g/mol. The van der Waals surface area contributed by atoms with E-state index in [4.69, 9.17) is 9.47 Å². The molecule has 9 nitrogen and oxygen atoms in total. The average molecular weight is 555 g/mol. The number of methoxy groups -OCH3 is 1. The van der Waals surface area contributed by atoms with Crippen LogP contribution in [0, 0.1) is 0 Å². The number of nitrogens with zero attached hydrogens (tertiary/aromatic N) is 2. The maximum absolute atomic E-state index is 12.9. The van der Waals surface area contributed by atoms with Gasteiger partial charge in [-0.2, -0.15) is 4.98 Å². The molecule has 0 atom stereocenters. The number of fused-ring (bicyclic) bond motifs is 1. The molecule has 0 fully saturated rings. The second-order valence-electron chi connectivity index (χ2n) is 8.72. The van der Waals surface area contributed by atoms with E-state index in [-0.39, 0.29) is 28.4 Å². The highest BCUT2D eigenvalue weighted by Crippen LogP contribution is 2.31. The summed E-state index contributed by atoms with van der Waals surface area (Å²) in [6, 6.07) is 26.4. The van der Waals surface area contributed by atoms with Crippen LogP contribution >= 0.6 is 0 Å². The van der Waals surface area contributed by atoms with E-state index in [9.17, 15) is 13.2 Å². The Balaban J connectivity index is 1.37. The third-order valence-corrected chi connectivity index (χ3v) is 7.87. The van der Waals surface area contributed by atoms with Gasteiger partial charge in [-0.05, 0) is 65.4 Å². The smallest absolute Gasteiger partial charge is 0.256 e. The second-order valence-corrected chi connectivity index (χ2v) is 11.0. The van der Waals surface area contributed by atoms with Crippen LogP contribution in [0.4, 0.5) is 17.3 Å². The molecule has 0 saturated heterocycles. The molecule has 0 aliphatic heterocycles. The molecule has 202 valence electrons. The molecule has 0 aliphatic rings. The van der Waals surface area contributed by atoms with Gasteiger partial charge in [0.2, 0.25) is 11.8 Å². The summed E-state index contributed by atoms with van der Waals surface area (Å²) in [5.74, 6) is 1.19. The molecule has 0 aliphatic carbocycles. The van der Waals surface area contributed by atoms with Crippen molar-refractivity contribution < 1.29 is 22.7 Å². The molecule has 10 heteroatoms. The third kappa shape index (κ3) is 5.87. The minimum Gasteiger partial charge on any atom is -0.495 e. The fourth-order valence-electron chi connectivity index (χ4n) is 4.09. The number of para-hydroxylation sites is 1. The van der Waals surface area contributed by atoms with E-state index in [0.29, 0.717) is 28.4 Å². The molecular weight excluding hydrogens is 528 g/mol. The first-order valence-electron chi connectivity index (χ1n) is 12.4. The van der Waals surface area contributed by atoms with Crippen LogP contribution in [-0.2, 0) is 9.84 Å². The van der Waals surface area contributed by atoms with Gasteiger partial charge < -0.3 is 20.1 Å². The van der Waals surface area contributed by atoms with Crippen LogP contribution in [0.1, 0.15) is 17.3 Å². The van der Waals surface area contributed by atoms with E-state index in [2.05, 4.69) is 20.6 Å². The highest BCUT2D eigenvalue weighted by Gasteiger charge is 2.16. The summed E-state index contributed by atoms with van der Waals surface area (Å²) in [5, 5.41) is 7.54. The van der Waals surface area contributed by atoms with Crippen LogP contribution in [0.2, 0.25) is 0 Å². The number of benzene rings is 4. The zero-order valence-corrected chi connectivity index (χ0v) is 22.6. The highest BCUT2D eigenvalue weighted by atomic mass is 32.2. The van der Waals surface area contributed by atoms with E-state index in [1.54, 1.807) is 31.2 Å². The maximum atomic E-state index is 12.9. The maximum Gasteiger partial charge on any atom is 0.256 e. The zero-order valence-electron chi connectivity index (χ0n) is 21.8. The summed E-state index contributed by atoms with van der Waals surface area (Å²) in [5.41, 5.74) is 1.66. The van der Waals surface area contributed by atoms with Gasteiger partial charge in [0, 0.05) is 23.5 Å². The Morgan fingerprint density at radius 1 is 0.925 bits per heavy atom. The highest BCUT2D eigenvalue weighted by molar-refractivity contribution is 7.91. The molecule has 5 rings (SSSR count). The number of rotatable bonds is 9. The topological polar surface area (TPSA) is 120 Å². The first kappa shape index (κ1) is 26.6. The van der Waals surface area contributed by atoms with Crippen molar-refractivity contribution in [3.05, 3.63) is 103 Å². The van der Waals surface area contributed by atoms with Gasteiger partial charge in [0.05, 0.1) is 23.4 Å². The minimum absolute atomic E-state index is 0.0243. The van der Waals surface area contributed by atoms with Crippen LogP contribution in [-0.4, -0.2) is 37.2 Å². The lowest BCUT2D eigenvalue weighted by Crippen LogP contribution is -2.12. The van der Waals surface area contributed by atoms with Gasteiger partial charge in [0.1, 0.15) is 11.5 Å². The number of carbonyl (C=O) groups excluding carboxylic acids is 1. The predicted octanol–water partition coefficient (Wildman–Crippen LogP) is 6.22. The van der Waals surface area contributed by atoms with E-state index < -0.39 is 9.84 Å². The van der Waals surface area contributed by atoms with Crippen molar-refractivity contribution in [1.29, 1.82) is 0 Å². The quantitative estimate of drug-likeness (QED) is 0.220. The Labute approximate surface area is 231 Å². The van der Waals surface area contributed by atoms with Crippen LogP contribution in [0.25, 0.3) is 10.8 Å². The number of nitrogens with one attached hydrogen (secondary N) is 2. The molecule has 4 aromatic carbocycles. The molecule has 0 spiro atoms. The molecule has 0 radical (unpaired) electrons. The minimum atomic E-state index is -3.42. The predicted molar refractivity (Wildman–Crippen MR) is 154 cm³/mol. The van der Waals surface area contributed by atoms with Crippen molar-refractivity contribution in [3.63, 3.8) is 0 Å². The number of carbonyl (C=O) groups is 1. The standard InChI is InChI=1S/C30H26N4O5S/c1-3-40(36,37)23-13-15-27(38-2)26(19-23)33-30-31-17-16-28(34-30)39-22-12-14-24-20(18-22)8-7-11-25(24)29(35)32-21-9-5-4-6-10-21/h4-19H,3H2,1-2H3,(H,32,35)(H,31,33,34).